The molecule has 0 radical (unpaired) electrons. The van der Waals surface area contributed by atoms with E-state index in [0.29, 0.717) is 17.8 Å². The molecule has 0 aromatic heterocycles. The lowest BCUT2D eigenvalue weighted by molar-refractivity contribution is -0.117. The third kappa shape index (κ3) is 3.13. The van der Waals surface area contributed by atoms with E-state index < -0.39 is 6.04 Å². The lowest BCUT2D eigenvalue weighted by Crippen LogP contribution is -2.36. The monoisotopic (exact) mass is 341 g/mol. The molecule has 1 heterocycles. The zero-order chi connectivity index (χ0) is 18.0. The highest BCUT2D eigenvalue weighted by Crippen LogP contribution is 2.35. The molecule has 130 valence electrons. The number of anilines is 1. The lowest BCUT2D eigenvalue weighted by Gasteiger charge is -2.23. The van der Waals surface area contributed by atoms with Gasteiger partial charge in [0.05, 0.1) is 18.3 Å². The van der Waals surface area contributed by atoms with Crippen LogP contribution < -0.4 is 10.2 Å². The Labute approximate surface area is 145 Å². The van der Waals surface area contributed by atoms with Crippen LogP contribution in [0, 0.1) is 5.82 Å². The summed E-state index contributed by atoms with van der Waals surface area (Å²) in [6.07, 6.45) is 0. The number of hydrogen-bond donors (Lipinski definition) is 2. The summed E-state index contributed by atoms with van der Waals surface area (Å²) in [5, 5.41) is 15.5. The van der Waals surface area contributed by atoms with E-state index in [-0.39, 0.29) is 18.3 Å². The van der Waals surface area contributed by atoms with Gasteiger partial charge >= 0.3 is 0 Å². The molecule has 6 heteroatoms. The standard InChI is InChI=1S/C19H20FN3O2/c1-3-23-17-9-8-13(12(2)22-25)10-15(17)19(21-11-18(23)24)14-6-4-5-7-16(14)20/h4-10,19,21,25H,3,11H2,1-2H3/b22-12+. The Kier molecular flexibility index (Phi) is 4.81. The van der Waals surface area contributed by atoms with Gasteiger partial charge in [-0.05, 0) is 43.2 Å². The minimum atomic E-state index is -0.469. The molecule has 2 aromatic carbocycles. The summed E-state index contributed by atoms with van der Waals surface area (Å²) >= 11 is 0. The molecular weight excluding hydrogens is 321 g/mol. The second kappa shape index (κ2) is 7.03. The van der Waals surface area contributed by atoms with E-state index in [1.54, 1.807) is 36.1 Å². The quantitative estimate of drug-likeness (QED) is 0.512. The molecule has 3 rings (SSSR count). The third-order valence-corrected chi connectivity index (χ3v) is 4.49. The second-order valence-corrected chi connectivity index (χ2v) is 5.93. The number of amides is 1. The first-order valence-electron chi connectivity index (χ1n) is 8.18. The molecule has 1 aliphatic heterocycles. The molecule has 0 bridgehead atoms. The lowest BCUT2D eigenvalue weighted by atomic mass is 9.94. The predicted octanol–water partition coefficient (Wildman–Crippen LogP) is 3.07. The van der Waals surface area contributed by atoms with Gasteiger partial charge in [-0.1, -0.05) is 29.4 Å². The SMILES string of the molecule is CCN1C(=O)CNC(c2ccccc2F)c2cc(/C(C)=N/O)ccc21. The number of halogens is 1. The van der Waals surface area contributed by atoms with Crippen molar-refractivity contribution in [2.45, 2.75) is 19.9 Å². The van der Waals surface area contributed by atoms with Crippen molar-refractivity contribution < 1.29 is 14.4 Å². The molecule has 0 fully saturated rings. The van der Waals surface area contributed by atoms with Gasteiger partial charge in [0.25, 0.3) is 0 Å². The zero-order valence-corrected chi connectivity index (χ0v) is 14.2. The van der Waals surface area contributed by atoms with E-state index in [0.717, 1.165) is 16.8 Å². The van der Waals surface area contributed by atoms with Gasteiger partial charge < -0.3 is 10.1 Å². The van der Waals surface area contributed by atoms with Gasteiger partial charge in [-0.2, -0.15) is 0 Å². The molecule has 1 aliphatic rings. The van der Waals surface area contributed by atoms with E-state index in [1.807, 2.05) is 19.1 Å². The number of oxime groups is 1. The van der Waals surface area contributed by atoms with E-state index >= 15 is 0 Å². The molecule has 0 saturated heterocycles. The topological polar surface area (TPSA) is 64.9 Å². The number of nitrogens with one attached hydrogen (secondary N) is 1. The van der Waals surface area contributed by atoms with Crippen molar-refractivity contribution in [1.29, 1.82) is 0 Å². The largest absolute Gasteiger partial charge is 0.411 e. The zero-order valence-electron chi connectivity index (χ0n) is 14.2. The van der Waals surface area contributed by atoms with Crippen LogP contribution in [0.1, 0.15) is 36.6 Å². The molecule has 0 saturated carbocycles. The van der Waals surface area contributed by atoms with Crippen molar-refractivity contribution in [3.63, 3.8) is 0 Å². The van der Waals surface area contributed by atoms with Gasteiger partial charge in [-0.15, -0.1) is 0 Å². The average Bonchev–Trinajstić information content (AvgIpc) is 2.77. The van der Waals surface area contributed by atoms with Crippen LogP contribution in [0.3, 0.4) is 0 Å². The van der Waals surface area contributed by atoms with Crippen molar-refractivity contribution in [3.05, 3.63) is 65.0 Å². The smallest absolute Gasteiger partial charge is 0.240 e. The highest BCUT2D eigenvalue weighted by molar-refractivity contribution is 6.01. The van der Waals surface area contributed by atoms with Crippen LogP contribution in [0.2, 0.25) is 0 Å². The van der Waals surface area contributed by atoms with E-state index in [1.165, 1.54) is 6.07 Å². The van der Waals surface area contributed by atoms with Gasteiger partial charge in [0, 0.05) is 17.8 Å². The first kappa shape index (κ1) is 17.1. The fourth-order valence-corrected chi connectivity index (χ4v) is 3.18. The van der Waals surface area contributed by atoms with E-state index in [9.17, 15) is 9.18 Å². The van der Waals surface area contributed by atoms with Crippen molar-refractivity contribution in [2.75, 3.05) is 18.0 Å². The maximum absolute atomic E-state index is 14.4. The Bertz CT molecular complexity index is 835. The fourth-order valence-electron chi connectivity index (χ4n) is 3.18. The summed E-state index contributed by atoms with van der Waals surface area (Å²) in [6, 6.07) is 11.5. The molecule has 25 heavy (non-hydrogen) atoms. The molecule has 1 atom stereocenters. The van der Waals surface area contributed by atoms with Gasteiger partial charge in [0.1, 0.15) is 5.82 Å². The molecule has 2 aromatic rings. The van der Waals surface area contributed by atoms with E-state index in [2.05, 4.69) is 10.5 Å². The Balaban J connectivity index is 2.22. The maximum atomic E-state index is 14.4. The minimum absolute atomic E-state index is 0.0668. The van der Waals surface area contributed by atoms with Gasteiger partial charge in [-0.25, -0.2) is 4.39 Å². The third-order valence-electron chi connectivity index (χ3n) is 4.49. The van der Waals surface area contributed by atoms with Crippen molar-refractivity contribution in [2.24, 2.45) is 5.16 Å². The summed E-state index contributed by atoms with van der Waals surface area (Å²) in [7, 11) is 0. The van der Waals surface area contributed by atoms with Crippen molar-refractivity contribution in [3.8, 4) is 0 Å². The summed E-state index contributed by atoms with van der Waals surface area (Å²) in [6.45, 7) is 4.22. The predicted molar refractivity (Wildman–Crippen MR) is 94.7 cm³/mol. The summed E-state index contributed by atoms with van der Waals surface area (Å²) in [4.78, 5) is 14.1. The number of rotatable bonds is 3. The van der Waals surface area contributed by atoms with Gasteiger partial charge in [0.2, 0.25) is 5.91 Å². The van der Waals surface area contributed by atoms with Gasteiger partial charge in [0.15, 0.2) is 0 Å². The average molecular weight is 341 g/mol. The van der Waals surface area contributed by atoms with Gasteiger partial charge in [-0.3, -0.25) is 10.1 Å². The van der Waals surface area contributed by atoms with Crippen LogP contribution in [0.15, 0.2) is 47.6 Å². The summed E-state index contributed by atoms with van der Waals surface area (Å²) in [5.74, 6) is -0.399. The first-order chi connectivity index (χ1) is 12.1. The van der Waals surface area contributed by atoms with Crippen molar-refractivity contribution in [1.82, 2.24) is 5.32 Å². The molecule has 1 unspecified atom stereocenters. The number of carbonyl (C=O) groups is 1. The number of benzene rings is 2. The fraction of sp³-hybridized carbons (Fsp3) is 0.263. The minimum Gasteiger partial charge on any atom is -0.411 e. The molecule has 1 amide bonds. The van der Waals surface area contributed by atoms with Crippen LogP contribution in [0.25, 0.3) is 0 Å². The highest BCUT2D eigenvalue weighted by atomic mass is 19.1. The van der Waals surface area contributed by atoms with Crippen LogP contribution in [0.4, 0.5) is 10.1 Å². The molecule has 0 spiro atoms. The number of fused-ring (bicyclic) bond motifs is 1. The van der Waals surface area contributed by atoms with Crippen LogP contribution in [0.5, 0.6) is 0 Å². The summed E-state index contributed by atoms with van der Waals surface area (Å²) in [5.41, 5.74) is 3.16. The maximum Gasteiger partial charge on any atom is 0.240 e. The Morgan fingerprint density at radius 3 is 2.76 bits per heavy atom. The first-order valence-corrected chi connectivity index (χ1v) is 8.18. The second-order valence-electron chi connectivity index (χ2n) is 5.93. The summed E-state index contributed by atoms with van der Waals surface area (Å²) < 4.78 is 14.4. The highest BCUT2D eigenvalue weighted by Gasteiger charge is 2.29. The number of carbonyl (C=O) groups excluding carboxylic acids is 1. The number of hydrogen-bond acceptors (Lipinski definition) is 4. The van der Waals surface area contributed by atoms with E-state index in [4.69, 9.17) is 5.21 Å². The van der Waals surface area contributed by atoms with Crippen LogP contribution in [-0.4, -0.2) is 29.9 Å². The van der Waals surface area contributed by atoms with Crippen LogP contribution in [-0.2, 0) is 4.79 Å². The molecule has 2 N–H and O–H groups in total. The Hall–Kier alpha value is -2.73. The molecule has 5 nitrogen and oxygen atoms in total. The Morgan fingerprint density at radius 1 is 1.32 bits per heavy atom. The van der Waals surface area contributed by atoms with Crippen LogP contribution >= 0.6 is 0 Å². The van der Waals surface area contributed by atoms with Crippen molar-refractivity contribution >= 4 is 17.3 Å². The number of likely N-dealkylation sites (N-methyl/N-ethyl adjacent to an activating group) is 1. The molecule has 0 aliphatic carbocycles. The Morgan fingerprint density at radius 2 is 2.08 bits per heavy atom. The normalized spacial score (nSPS) is 18.0. The molecular formula is C19H20FN3O2. The number of nitrogens with zero attached hydrogens (tertiary/aromatic N) is 2.